The summed E-state index contributed by atoms with van der Waals surface area (Å²) in [7, 11) is 0.737. The summed E-state index contributed by atoms with van der Waals surface area (Å²) in [5.74, 6) is 0.228. The summed E-state index contributed by atoms with van der Waals surface area (Å²) in [5, 5.41) is 2.59. The van der Waals surface area contributed by atoms with Gasteiger partial charge in [-0.2, -0.15) is 4.31 Å². The van der Waals surface area contributed by atoms with Gasteiger partial charge in [0.05, 0.1) is 32.8 Å². The number of methoxy groups -OCH3 is 3. The van der Waals surface area contributed by atoms with Crippen molar-refractivity contribution in [3.8, 4) is 17.2 Å². The van der Waals surface area contributed by atoms with Crippen molar-refractivity contribution in [2.24, 2.45) is 0 Å². The van der Waals surface area contributed by atoms with Crippen LogP contribution in [0.15, 0.2) is 41.3 Å². The van der Waals surface area contributed by atoms with Gasteiger partial charge in [-0.25, -0.2) is 8.42 Å². The largest absolute Gasteiger partial charge is 0.493 e. The Hall–Kier alpha value is -3.31. The van der Waals surface area contributed by atoms with Gasteiger partial charge < -0.3 is 24.4 Å². The molecular weight excluding hydrogens is 462 g/mol. The number of nitrogens with one attached hydrogen (secondary N) is 1. The van der Waals surface area contributed by atoms with Gasteiger partial charge in [-0.1, -0.05) is 17.7 Å². The highest BCUT2D eigenvalue weighted by Gasteiger charge is 2.30. The van der Waals surface area contributed by atoms with Crippen LogP contribution in [0.1, 0.15) is 15.9 Å². The minimum atomic E-state index is -3.62. The number of rotatable bonds is 8. The summed E-state index contributed by atoms with van der Waals surface area (Å²) in [4.78, 5) is 27.0. The first-order valence-corrected chi connectivity index (χ1v) is 12.1. The average molecular weight is 492 g/mol. The Morgan fingerprint density at radius 3 is 1.97 bits per heavy atom. The second-order valence-corrected chi connectivity index (χ2v) is 9.63. The lowest BCUT2D eigenvalue weighted by Crippen LogP contribution is -2.52. The van der Waals surface area contributed by atoms with Crippen LogP contribution in [0.5, 0.6) is 17.2 Å². The summed E-state index contributed by atoms with van der Waals surface area (Å²) in [6.45, 7) is 2.51. The summed E-state index contributed by atoms with van der Waals surface area (Å²) >= 11 is 0. The Labute approximate surface area is 199 Å². The first-order valence-electron chi connectivity index (χ1n) is 10.6. The summed E-state index contributed by atoms with van der Waals surface area (Å²) in [6.07, 6.45) is 0. The molecule has 2 aromatic carbocycles. The SMILES string of the molecule is COc1cc(C(=O)NCC(=O)N2CCN(S(=O)(=O)c3ccc(C)cc3)CC2)cc(OC)c1OC. The van der Waals surface area contributed by atoms with Crippen molar-refractivity contribution in [3.63, 3.8) is 0 Å². The van der Waals surface area contributed by atoms with Crippen LogP contribution in [0, 0.1) is 6.92 Å². The van der Waals surface area contributed by atoms with E-state index in [2.05, 4.69) is 5.32 Å². The lowest BCUT2D eigenvalue weighted by atomic mass is 10.1. The zero-order valence-electron chi connectivity index (χ0n) is 19.7. The third-order valence-electron chi connectivity index (χ3n) is 5.58. The maximum Gasteiger partial charge on any atom is 0.251 e. The van der Waals surface area contributed by atoms with E-state index in [1.165, 1.54) is 42.7 Å². The molecule has 1 fully saturated rings. The number of benzene rings is 2. The van der Waals surface area contributed by atoms with Crippen LogP contribution >= 0.6 is 0 Å². The molecular formula is C23H29N3O7S. The molecule has 1 saturated heterocycles. The van der Waals surface area contributed by atoms with Crippen molar-refractivity contribution in [2.45, 2.75) is 11.8 Å². The molecule has 1 N–H and O–H groups in total. The number of piperazine rings is 1. The van der Waals surface area contributed by atoms with Crippen molar-refractivity contribution in [1.29, 1.82) is 0 Å². The van der Waals surface area contributed by atoms with Crippen LogP contribution in [0.25, 0.3) is 0 Å². The summed E-state index contributed by atoms with van der Waals surface area (Å²) in [5.41, 5.74) is 1.22. The van der Waals surface area contributed by atoms with E-state index in [1.54, 1.807) is 24.3 Å². The van der Waals surface area contributed by atoms with Crippen molar-refractivity contribution in [1.82, 2.24) is 14.5 Å². The van der Waals surface area contributed by atoms with E-state index < -0.39 is 15.9 Å². The average Bonchev–Trinajstić information content (AvgIpc) is 2.86. The Bertz CT molecular complexity index is 1120. The quantitative estimate of drug-likeness (QED) is 0.592. The highest BCUT2D eigenvalue weighted by Crippen LogP contribution is 2.38. The first kappa shape index (κ1) is 25.3. The summed E-state index contributed by atoms with van der Waals surface area (Å²) < 4.78 is 42.8. The molecule has 1 aliphatic heterocycles. The predicted molar refractivity (Wildman–Crippen MR) is 125 cm³/mol. The molecule has 2 amide bonds. The lowest BCUT2D eigenvalue weighted by Gasteiger charge is -2.34. The molecule has 34 heavy (non-hydrogen) atoms. The number of hydrogen-bond donors (Lipinski definition) is 1. The van der Waals surface area contributed by atoms with Gasteiger partial charge in [0, 0.05) is 31.7 Å². The van der Waals surface area contributed by atoms with E-state index in [-0.39, 0.29) is 49.1 Å². The van der Waals surface area contributed by atoms with E-state index in [4.69, 9.17) is 14.2 Å². The number of hydrogen-bond acceptors (Lipinski definition) is 7. The lowest BCUT2D eigenvalue weighted by molar-refractivity contribution is -0.131. The molecule has 10 nitrogen and oxygen atoms in total. The Morgan fingerprint density at radius 1 is 0.912 bits per heavy atom. The van der Waals surface area contributed by atoms with Gasteiger partial charge >= 0.3 is 0 Å². The van der Waals surface area contributed by atoms with Crippen molar-refractivity contribution < 1.29 is 32.2 Å². The normalized spacial score (nSPS) is 14.4. The molecule has 0 unspecified atom stereocenters. The number of carbonyl (C=O) groups excluding carboxylic acids is 2. The smallest absolute Gasteiger partial charge is 0.251 e. The Morgan fingerprint density at radius 2 is 1.47 bits per heavy atom. The van der Waals surface area contributed by atoms with Crippen LogP contribution in [-0.2, 0) is 14.8 Å². The number of sulfonamides is 1. The Balaban J connectivity index is 1.57. The topological polar surface area (TPSA) is 114 Å². The van der Waals surface area contributed by atoms with Crippen molar-refractivity contribution in [2.75, 3.05) is 54.1 Å². The summed E-state index contributed by atoms with van der Waals surface area (Å²) in [6, 6.07) is 9.67. The standard InChI is InChI=1S/C23H29N3O7S/c1-16-5-7-18(8-6-16)34(29,30)26-11-9-25(10-12-26)21(27)15-24-23(28)17-13-19(31-2)22(33-4)20(14-17)32-3/h5-8,13-14H,9-12,15H2,1-4H3,(H,24,28). The highest BCUT2D eigenvalue weighted by atomic mass is 32.2. The molecule has 1 heterocycles. The molecule has 0 atom stereocenters. The van der Waals surface area contributed by atoms with E-state index in [0.717, 1.165) is 5.56 Å². The van der Waals surface area contributed by atoms with Crippen LogP contribution in [0.2, 0.25) is 0 Å². The molecule has 11 heteroatoms. The Kier molecular flexibility index (Phi) is 8.00. The van der Waals surface area contributed by atoms with Gasteiger partial charge in [-0.05, 0) is 31.2 Å². The molecule has 1 aliphatic rings. The van der Waals surface area contributed by atoms with Gasteiger partial charge in [0.15, 0.2) is 11.5 Å². The van der Waals surface area contributed by atoms with Gasteiger partial charge in [-0.3, -0.25) is 9.59 Å². The zero-order valence-corrected chi connectivity index (χ0v) is 20.5. The number of amides is 2. The minimum Gasteiger partial charge on any atom is -0.493 e. The molecule has 0 aliphatic carbocycles. The molecule has 2 aromatic rings. The molecule has 0 saturated carbocycles. The fourth-order valence-corrected chi connectivity index (χ4v) is 5.04. The molecule has 184 valence electrons. The van der Waals surface area contributed by atoms with Crippen LogP contribution in [-0.4, -0.2) is 83.5 Å². The van der Waals surface area contributed by atoms with E-state index >= 15 is 0 Å². The molecule has 0 bridgehead atoms. The third kappa shape index (κ3) is 5.42. The van der Waals surface area contributed by atoms with Gasteiger partial charge in [0.25, 0.3) is 5.91 Å². The third-order valence-corrected chi connectivity index (χ3v) is 7.49. The zero-order chi connectivity index (χ0) is 24.9. The second kappa shape index (κ2) is 10.7. The number of aryl methyl sites for hydroxylation is 1. The predicted octanol–water partition coefficient (Wildman–Crippen LogP) is 1.28. The van der Waals surface area contributed by atoms with Gasteiger partial charge in [0.2, 0.25) is 21.7 Å². The van der Waals surface area contributed by atoms with E-state index in [9.17, 15) is 18.0 Å². The van der Waals surface area contributed by atoms with Crippen LogP contribution in [0.3, 0.4) is 0 Å². The fraction of sp³-hybridized carbons (Fsp3) is 0.391. The number of carbonyl (C=O) groups is 2. The van der Waals surface area contributed by atoms with Crippen LogP contribution < -0.4 is 19.5 Å². The van der Waals surface area contributed by atoms with E-state index in [0.29, 0.717) is 17.2 Å². The minimum absolute atomic E-state index is 0.183. The number of nitrogens with zero attached hydrogens (tertiary/aromatic N) is 2. The van der Waals surface area contributed by atoms with Crippen molar-refractivity contribution >= 4 is 21.8 Å². The first-order chi connectivity index (χ1) is 16.2. The monoisotopic (exact) mass is 491 g/mol. The number of ether oxygens (including phenoxy) is 3. The van der Waals surface area contributed by atoms with Gasteiger partial charge in [-0.15, -0.1) is 0 Å². The maximum absolute atomic E-state index is 12.8. The molecule has 3 rings (SSSR count). The van der Waals surface area contributed by atoms with Crippen molar-refractivity contribution in [3.05, 3.63) is 47.5 Å². The fourth-order valence-electron chi connectivity index (χ4n) is 3.62. The van der Waals surface area contributed by atoms with Gasteiger partial charge in [0.1, 0.15) is 0 Å². The second-order valence-electron chi connectivity index (χ2n) is 7.69. The highest BCUT2D eigenvalue weighted by molar-refractivity contribution is 7.89. The van der Waals surface area contributed by atoms with E-state index in [1.807, 2.05) is 6.92 Å². The van der Waals surface area contributed by atoms with Crippen LogP contribution in [0.4, 0.5) is 0 Å². The molecule has 0 spiro atoms. The molecule has 0 aromatic heterocycles. The molecule has 0 radical (unpaired) electrons. The maximum atomic E-state index is 12.8.